The summed E-state index contributed by atoms with van der Waals surface area (Å²) >= 11 is 3.12. The Balaban J connectivity index is 3.98. The minimum atomic E-state index is -0.822. The largest absolute Gasteiger partial charge is 0.478 e. The molecule has 0 rings (SSSR count). The molecule has 1 N–H and O–H groups in total. The van der Waals surface area contributed by atoms with Gasteiger partial charge in [0, 0.05) is 10.9 Å². The Bertz CT molecular complexity index is 129. The van der Waals surface area contributed by atoms with Gasteiger partial charge in [-0.15, -0.1) is 0 Å². The minimum absolute atomic E-state index is 0.465. The van der Waals surface area contributed by atoms with E-state index in [0.717, 1.165) is 0 Å². The summed E-state index contributed by atoms with van der Waals surface area (Å²) in [6.45, 7) is 1.82. The van der Waals surface area contributed by atoms with Crippen LogP contribution in [0.1, 0.15) is 13.3 Å². The molecule has 9 heavy (non-hydrogen) atoms. The Morgan fingerprint density at radius 1 is 1.78 bits per heavy atom. The first kappa shape index (κ1) is 8.69. The summed E-state index contributed by atoms with van der Waals surface area (Å²) < 4.78 is 0. The zero-order chi connectivity index (χ0) is 7.28. The lowest BCUT2D eigenvalue weighted by molar-refractivity contribution is -0.132. The lowest BCUT2D eigenvalue weighted by atomic mass is 10.2. The van der Waals surface area contributed by atoms with E-state index < -0.39 is 5.97 Å². The van der Waals surface area contributed by atoms with Gasteiger partial charge in [0.25, 0.3) is 0 Å². The van der Waals surface area contributed by atoms with Crippen LogP contribution in [0.3, 0.4) is 0 Å². The summed E-state index contributed by atoms with van der Waals surface area (Å²) in [6.07, 6.45) is 2.24. The van der Waals surface area contributed by atoms with Crippen molar-refractivity contribution in [3.8, 4) is 0 Å². The minimum Gasteiger partial charge on any atom is -0.478 e. The van der Waals surface area contributed by atoms with E-state index in [2.05, 4.69) is 15.9 Å². The van der Waals surface area contributed by atoms with Crippen LogP contribution in [0.25, 0.3) is 0 Å². The molecule has 0 saturated heterocycles. The lowest BCUT2D eigenvalue weighted by Crippen LogP contribution is -1.98. The number of halogens is 1. The number of carboxylic acids is 1. The normalized spacial score (nSPS) is 11.6. The monoisotopic (exact) mass is 192 g/mol. The van der Waals surface area contributed by atoms with Crippen molar-refractivity contribution < 1.29 is 9.90 Å². The molecule has 0 aromatic carbocycles. The number of hydrogen-bond acceptors (Lipinski definition) is 1. The summed E-state index contributed by atoms with van der Waals surface area (Å²) in [7, 11) is 0. The number of hydrogen-bond donors (Lipinski definition) is 1. The zero-order valence-electron chi connectivity index (χ0n) is 5.22. The Morgan fingerprint density at radius 3 is 2.44 bits per heavy atom. The van der Waals surface area contributed by atoms with Gasteiger partial charge in [0.1, 0.15) is 0 Å². The van der Waals surface area contributed by atoms with E-state index in [0.29, 0.717) is 17.3 Å². The second-order valence-corrected chi connectivity index (χ2v) is 2.19. The van der Waals surface area contributed by atoms with E-state index in [4.69, 9.17) is 5.11 Å². The van der Waals surface area contributed by atoms with Crippen molar-refractivity contribution in [3.63, 3.8) is 0 Å². The van der Waals surface area contributed by atoms with E-state index in [1.807, 2.05) is 6.92 Å². The van der Waals surface area contributed by atoms with Gasteiger partial charge < -0.3 is 5.11 Å². The molecule has 0 heterocycles. The Kier molecular flexibility index (Phi) is 4.40. The fourth-order valence-electron chi connectivity index (χ4n) is 0.476. The standard InChI is InChI=1S/C6H9BrO2/c1-2-5(3-4-7)6(8)9/h3H,2,4H2,1H3,(H,8,9). The Hall–Kier alpha value is -0.310. The van der Waals surface area contributed by atoms with Gasteiger partial charge in [-0.3, -0.25) is 0 Å². The average Bonchev–Trinajstić information content (AvgIpc) is 1.82. The third-order valence-corrected chi connectivity index (χ3v) is 1.30. The van der Waals surface area contributed by atoms with Crippen LogP contribution in [-0.2, 0) is 4.79 Å². The van der Waals surface area contributed by atoms with E-state index in [1.165, 1.54) is 0 Å². The van der Waals surface area contributed by atoms with Crippen molar-refractivity contribution in [1.82, 2.24) is 0 Å². The van der Waals surface area contributed by atoms with E-state index in [9.17, 15) is 4.79 Å². The summed E-state index contributed by atoms with van der Waals surface area (Å²) in [6, 6.07) is 0. The molecule has 0 aliphatic rings. The maximum absolute atomic E-state index is 10.2. The molecular formula is C6H9BrO2. The predicted molar refractivity (Wildman–Crippen MR) is 39.8 cm³/mol. The smallest absolute Gasteiger partial charge is 0.331 e. The molecule has 0 spiro atoms. The third kappa shape index (κ3) is 3.30. The first-order valence-corrected chi connectivity index (χ1v) is 3.82. The molecule has 0 bridgehead atoms. The van der Waals surface area contributed by atoms with Crippen LogP contribution in [0.5, 0.6) is 0 Å². The van der Waals surface area contributed by atoms with Crippen molar-refractivity contribution in [3.05, 3.63) is 11.6 Å². The first-order chi connectivity index (χ1) is 4.22. The third-order valence-electron chi connectivity index (χ3n) is 0.979. The van der Waals surface area contributed by atoms with Gasteiger partial charge in [-0.05, 0) is 6.42 Å². The molecule has 0 aliphatic heterocycles. The molecule has 0 saturated carbocycles. The summed E-state index contributed by atoms with van der Waals surface area (Å²) in [5, 5.41) is 9.03. The molecule has 0 aromatic heterocycles. The van der Waals surface area contributed by atoms with Crippen LogP contribution in [-0.4, -0.2) is 16.4 Å². The Labute approximate surface area is 62.7 Å². The lowest BCUT2D eigenvalue weighted by Gasteiger charge is -1.92. The van der Waals surface area contributed by atoms with Gasteiger partial charge in [0.15, 0.2) is 0 Å². The fourth-order valence-corrected chi connectivity index (χ4v) is 0.867. The van der Waals surface area contributed by atoms with Crippen molar-refractivity contribution in [2.75, 3.05) is 5.33 Å². The van der Waals surface area contributed by atoms with Gasteiger partial charge >= 0.3 is 5.97 Å². The highest BCUT2D eigenvalue weighted by Crippen LogP contribution is 2.00. The van der Waals surface area contributed by atoms with Crippen molar-refractivity contribution in [2.24, 2.45) is 0 Å². The zero-order valence-corrected chi connectivity index (χ0v) is 6.81. The molecule has 0 aliphatic carbocycles. The molecule has 2 nitrogen and oxygen atoms in total. The summed E-state index contributed by atoms with van der Waals surface area (Å²) in [4.78, 5) is 10.2. The number of rotatable bonds is 3. The fraction of sp³-hybridized carbons (Fsp3) is 0.500. The SMILES string of the molecule is CCC(=CCBr)C(=O)O. The first-order valence-electron chi connectivity index (χ1n) is 2.70. The summed E-state index contributed by atoms with van der Waals surface area (Å²) in [5.41, 5.74) is 0.465. The quantitative estimate of drug-likeness (QED) is 0.548. The second kappa shape index (κ2) is 4.56. The van der Waals surface area contributed by atoms with Crippen LogP contribution in [0.4, 0.5) is 0 Å². The molecule has 0 aromatic rings. The molecule has 0 amide bonds. The van der Waals surface area contributed by atoms with Crippen LogP contribution >= 0.6 is 15.9 Å². The van der Waals surface area contributed by atoms with Crippen LogP contribution in [0.15, 0.2) is 11.6 Å². The highest BCUT2D eigenvalue weighted by molar-refractivity contribution is 9.09. The molecular weight excluding hydrogens is 184 g/mol. The van der Waals surface area contributed by atoms with Crippen LogP contribution in [0.2, 0.25) is 0 Å². The van der Waals surface area contributed by atoms with Crippen molar-refractivity contribution in [2.45, 2.75) is 13.3 Å². The molecule has 0 atom stereocenters. The number of carbonyl (C=O) groups is 1. The topological polar surface area (TPSA) is 37.3 Å². The van der Waals surface area contributed by atoms with Gasteiger partial charge in [-0.1, -0.05) is 28.9 Å². The van der Waals surface area contributed by atoms with Gasteiger partial charge in [0.2, 0.25) is 0 Å². The maximum Gasteiger partial charge on any atom is 0.331 e. The number of carboxylic acid groups (broad SMARTS) is 1. The van der Waals surface area contributed by atoms with Crippen molar-refractivity contribution in [1.29, 1.82) is 0 Å². The van der Waals surface area contributed by atoms with Gasteiger partial charge in [-0.2, -0.15) is 0 Å². The van der Waals surface area contributed by atoms with Crippen LogP contribution in [0, 0.1) is 0 Å². The Morgan fingerprint density at radius 2 is 2.33 bits per heavy atom. The van der Waals surface area contributed by atoms with Crippen molar-refractivity contribution >= 4 is 21.9 Å². The number of alkyl halides is 1. The van der Waals surface area contributed by atoms with Gasteiger partial charge in [-0.25, -0.2) is 4.79 Å². The highest BCUT2D eigenvalue weighted by atomic mass is 79.9. The molecule has 0 radical (unpaired) electrons. The predicted octanol–water partition coefficient (Wildman–Crippen LogP) is 1.80. The van der Waals surface area contributed by atoms with E-state index in [1.54, 1.807) is 6.08 Å². The van der Waals surface area contributed by atoms with E-state index in [-0.39, 0.29) is 0 Å². The van der Waals surface area contributed by atoms with Gasteiger partial charge in [0.05, 0.1) is 0 Å². The van der Waals surface area contributed by atoms with Crippen LogP contribution < -0.4 is 0 Å². The molecule has 3 heteroatoms. The highest BCUT2D eigenvalue weighted by Gasteiger charge is 2.00. The van der Waals surface area contributed by atoms with E-state index >= 15 is 0 Å². The maximum atomic E-state index is 10.2. The average molecular weight is 193 g/mol. The molecule has 52 valence electrons. The molecule has 0 unspecified atom stereocenters. The second-order valence-electron chi connectivity index (χ2n) is 1.54. The number of allylic oxidation sites excluding steroid dienone is 1. The summed E-state index contributed by atoms with van der Waals surface area (Å²) in [5.74, 6) is -0.822. The number of aliphatic carboxylic acids is 1. The molecule has 0 fully saturated rings.